The number of carbonyl (C=O) groups is 1. The maximum absolute atomic E-state index is 15.4. The molecule has 5 heterocycles. The summed E-state index contributed by atoms with van der Waals surface area (Å²) in [6.07, 6.45) is 5.78. The molecule has 0 bridgehead atoms. The summed E-state index contributed by atoms with van der Waals surface area (Å²) in [6, 6.07) is 6.49. The number of piperazine rings is 1. The third-order valence-corrected chi connectivity index (χ3v) is 7.01. The van der Waals surface area contributed by atoms with Gasteiger partial charge in [-0.15, -0.1) is 0 Å². The van der Waals surface area contributed by atoms with Crippen molar-refractivity contribution in [3.63, 3.8) is 0 Å². The number of ether oxygens (including phenoxy) is 1. The average Bonchev–Trinajstić information content (AvgIpc) is 3.44. The number of benzene rings is 1. The molecular formula is C28H27FN10O2. The highest BCUT2D eigenvalue weighted by Crippen LogP contribution is 2.33. The number of anilines is 3. The van der Waals surface area contributed by atoms with Crippen molar-refractivity contribution in [3.05, 3.63) is 72.8 Å². The fraction of sp³-hybridized carbons (Fsp3) is 0.250. The summed E-state index contributed by atoms with van der Waals surface area (Å²) >= 11 is 0. The number of aryl methyl sites for hydroxylation is 2. The van der Waals surface area contributed by atoms with Gasteiger partial charge in [-0.25, -0.2) is 33.8 Å². The first kappa shape index (κ1) is 26.0. The zero-order valence-corrected chi connectivity index (χ0v) is 22.7. The number of halogens is 1. The van der Waals surface area contributed by atoms with Gasteiger partial charge in [0.15, 0.2) is 11.5 Å². The van der Waals surface area contributed by atoms with E-state index in [0.717, 1.165) is 5.69 Å². The summed E-state index contributed by atoms with van der Waals surface area (Å²) < 4.78 is 23.1. The lowest BCUT2D eigenvalue weighted by Gasteiger charge is -2.39. The maximum atomic E-state index is 15.4. The summed E-state index contributed by atoms with van der Waals surface area (Å²) in [5, 5.41) is 7.23. The standard InChI is InChI=1S/C28H27FN10O2/c1-5-25(40)38-7-6-37(13-18(38)4)28-30-12-22-26(36-28)27(33-14-31-22)35-21-8-16(2)23(11-20(21)29)41-19-9-17(3)39-24(10-19)32-15-34-39/h5,8-12,14-15,18H,1,6-7,13H2,2-4H3,(H,31,33,35)/t18-/m1/s1. The van der Waals surface area contributed by atoms with Crippen LogP contribution in [0.1, 0.15) is 18.2 Å². The van der Waals surface area contributed by atoms with E-state index >= 15 is 4.39 Å². The van der Waals surface area contributed by atoms with Crippen LogP contribution in [0.25, 0.3) is 16.7 Å². The molecule has 1 aliphatic heterocycles. The van der Waals surface area contributed by atoms with Crippen LogP contribution in [-0.4, -0.2) is 71.0 Å². The Bertz CT molecular complexity index is 1810. The Kier molecular flexibility index (Phi) is 6.61. The summed E-state index contributed by atoms with van der Waals surface area (Å²) in [4.78, 5) is 37.9. The molecule has 0 saturated carbocycles. The predicted molar refractivity (Wildman–Crippen MR) is 151 cm³/mol. The van der Waals surface area contributed by atoms with Crippen LogP contribution in [0.5, 0.6) is 11.5 Å². The van der Waals surface area contributed by atoms with Crippen LogP contribution in [0.3, 0.4) is 0 Å². The van der Waals surface area contributed by atoms with E-state index in [1.165, 1.54) is 24.8 Å². The average molecular weight is 555 g/mol. The molecule has 0 radical (unpaired) electrons. The number of rotatable bonds is 6. The van der Waals surface area contributed by atoms with Gasteiger partial charge in [-0.1, -0.05) is 6.58 Å². The first-order chi connectivity index (χ1) is 19.8. The second-order valence-corrected chi connectivity index (χ2v) is 9.84. The number of nitrogens with one attached hydrogen (secondary N) is 1. The molecule has 1 N–H and O–H groups in total. The number of hydrogen-bond donors (Lipinski definition) is 1. The first-order valence-corrected chi connectivity index (χ1v) is 13.0. The molecule has 0 spiro atoms. The number of amides is 1. The zero-order valence-electron chi connectivity index (χ0n) is 22.7. The Morgan fingerprint density at radius 1 is 1.12 bits per heavy atom. The fourth-order valence-corrected chi connectivity index (χ4v) is 4.91. The minimum Gasteiger partial charge on any atom is -0.457 e. The molecule has 41 heavy (non-hydrogen) atoms. The molecule has 13 heteroatoms. The molecule has 6 rings (SSSR count). The highest BCUT2D eigenvalue weighted by molar-refractivity contribution is 5.88. The number of nitrogens with zero attached hydrogens (tertiary/aromatic N) is 9. The quantitative estimate of drug-likeness (QED) is 0.308. The third-order valence-electron chi connectivity index (χ3n) is 7.01. The van der Waals surface area contributed by atoms with Gasteiger partial charge in [0.2, 0.25) is 11.9 Å². The maximum Gasteiger partial charge on any atom is 0.246 e. The summed E-state index contributed by atoms with van der Waals surface area (Å²) in [6.45, 7) is 10.9. The van der Waals surface area contributed by atoms with Gasteiger partial charge in [-0.05, 0) is 38.5 Å². The molecule has 208 valence electrons. The van der Waals surface area contributed by atoms with Crippen molar-refractivity contribution < 1.29 is 13.9 Å². The van der Waals surface area contributed by atoms with E-state index < -0.39 is 5.82 Å². The highest BCUT2D eigenvalue weighted by atomic mass is 19.1. The zero-order chi connectivity index (χ0) is 28.7. The van der Waals surface area contributed by atoms with E-state index in [9.17, 15) is 4.79 Å². The van der Waals surface area contributed by atoms with Gasteiger partial charge in [0.1, 0.15) is 41.0 Å². The summed E-state index contributed by atoms with van der Waals surface area (Å²) in [5.74, 6) is 1.10. The highest BCUT2D eigenvalue weighted by Gasteiger charge is 2.27. The van der Waals surface area contributed by atoms with Crippen LogP contribution in [0.2, 0.25) is 0 Å². The molecule has 0 unspecified atom stereocenters. The molecule has 1 amide bonds. The van der Waals surface area contributed by atoms with Crippen molar-refractivity contribution >= 4 is 40.0 Å². The molecule has 4 aromatic heterocycles. The predicted octanol–water partition coefficient (Wildman–Crippen LogP) is 3.98. The fourth-order valence-electron chi connectivity index (χ4n) is 4.91. The van der Waals surface area contributed by atoms with Gasteiger partial charge in [0, 0.05) is 49.6 Å². The minimum absolute atomic E-state index is 0.0434. The van der Waals surface area contributed by atoms with E-state index in [0.29, 0.717) is 65.1 Å². The molecule has 1 aromatic carbocycles. The van der Waals surface area contributed by atoms with Gasteiger partial charge < -0.3 is 19.9 Å². The molecule has 12 nitrogen and oxygen atoms in total. The Morgan fingerprint density at radius 3 is 2.78 bits per heavy atom. The van der Waals surface area contributed by atoms with Crippen LogP contribution in [0.15, 0.2) is 55.8 Å². The van der Waals surface area contributed by atoms with Crippen molar-refractivity contribution in [3.8, 4) is 11.5 Å². The lowest BCUT2D eigenvalue weighted by molar-refractivity contribution is -0.128. The van der Waals surface area contributed by atoms with Gasteiger partial charge >= 0.3 is 0 Å². The molecule has 5 aromatic rings. The number of aromatic nitrogens is 7. The van der Waals surface area contributed by atoms with Crippen LogP contribution in [0.4, 0.5) is 21.8 Å². The van der Waals surface area contributed by atoms with E-state index in [1.54, 1.807) is 27.7 Å². The third kappa shape index (κ3) is 4.97. The molecular weight excluding hydrogens is 527 g/mol. The van der Waals surface area contributed by atoms with Crippen molar-refractivity contribution in [1.29, 1.82) is 0 Å². The Balaban J connectivity index is 1.25. The number of hydrogen-bond acceptors (Lipinski definition) is 10. The van der Waals surface area contributed by atoms with Crippen molar-refractivity contribution in [2.24, 2.45) is 0 Å². The van der Waals surface area contributed by atoms with Gasteiger partial charge in [0.05, 0.1) is 11.9 Å². The Morgan fingerprint density at radius 2 is 1.98 bits per heavy atom. The van der Waals surface area contributed by atoms with Crippen molar-refractivity contribution in [2.75, 3.05) is 29.9 Å². The first-order valence-electron chi connectivity index (χ1n) is 13.0. The van der Waals surface area contributed by atoms with Gasteiger partial charge in [0.25, 0.3) is 0 Å². The molecule has 1 fully saturated rings. The van der Waals surface area contributed by atoms with Crippen LogP contribution in [0, 0.1) is 19.7 Å². The molecule has 1 atom stereocenters. The number of pyridine rings is 1. The van der Waals surface area contributed by atoms with E-state index in [2.05, 4.69) is 36.9 Å². The van der Waals surface area contributed by atoms with Crippen LogP contribution < -0.4 is 15.0 Å². The SMILES string of the molecule is C=CC(=O)N1CCN(c2ncc3ncnc(Nc4cc(C)c(Oc5cc(C)n6ncnc6c5)cc4F)c3n2)C[C@H]1C. The topological polar surface area (TPSA) is 127 Å². The largest absolute Gasteiger partial charge is 0.457 e. The van der Waals surface area contributed by atoms with E-state index in [4.69, 9.17) is 9.72 Å². The monoisotopic (exact) mass is 554 g/mol. The number of carbonyl (C=O) groups excluding carboxylic acids is 1. The van der Waals surface area contributed by atoms with Crippen molar-refractivity contribution in [1.82, 2.24) is 39.4 Å². The lowest BCUT2D eigenvalue weighted by Crippen LogP contribution is -2.54. The Labute approximate surface area is 234 Å². The Hall–Kier alpha value is -5.20. The minimum atomic E-state index is -0.524. The second kappa shape index (κ2) is 10.4. The van der Waals surface area contributed by atoms with Crippen LogP contribution >= 0.6 is 0 Å². The second-order valence-electron chi connectivity index (χ2n) is 9.84. The molecule has 0 aliphatic carbocycles. The van der Waals surface area contributed by atoms with E-state index in [1.807, 2.05) is 31.7 Å². The lowest BCUT2D eigenvalue weighted by atomic mass is 10.2. The van der Waals surface area contributed by atoms with Gasteiger partial charge in [-0.3, -0.25) is 4.79 Å². The number of fused-ring (bicyclic) bond motifs is 2. The van der Waals surface area contributed by atoms with Gasteiger partial charge in [-0.2, -0.15) is 5.10 Å². The summed E-state index contributed by atoms with van der Waals surface area (Å²) in [7, 11) is 0. The van der Waals surface area contributed by atoms with E-state index in [-0.39, 0.29) is 17.6 Å². The molecule has 1 saturated heterocycles. The van der Waals surface area contributed by atoms with Crippen molar-refractivity contribution in [2.45, 2.75) is 26.8 Å². The molecule has 1 aliphatic rings. The summed E-state index contributed by atoms with van der Waals surface area (Å²) in [5.41, 5.74) is 3.35. The van der Waals surface area contributed by atoms with Crippen LogP contribution in [-0.2, 0) is 4.79 Å². The normalized spacial score (nSPS) is 15.4. The smallest absolute Gasteiger partial charge is 0.246 e.